The van der Waals surface area contributed by atoms with Crippen molar-refractivity contribution in [2.75, 3.05) is 26.7 Å². The van der Waals surface area contributed by atoms with Crippen LogP contribution >= 0.6 is 0 Å². The molecule has 0 bridgehead atoms. The largest absolute Gasteiger partial charge is 0.342 e. The fourth-order valence-corrected chi connectivity index (χ4v) is 3.77. The number of hydrogen-bond donors (Lipinski definition) is 0. The summed E-state index contributed by atoms with van der Waals surface area (Å²) in [5, 5.41) is 0. The predicted octanol–water partition coefficient (Wildman–Crippen LogP) is 4.16. The zero-order valence-corrected chi connectivity index (χ0v) is 16.0. The number of rotatable bonds is 6. The Kier molecular flexibility index (Phi) is 6.45. The van der Waals surface area contributed by atoms with Gasteiger partial charge >= 0.3 is 0 Å². The summed E-state index contributed by atoms with van der Waals surface area (Å²) in [6, 6.07) is 21.3. The topological polar surface area (TPSA) is 23.6 Å². The van der Waals surface area contributed by atoms with Crippen molar-refractivity contribution < 1.29 is 4.79 Å². The van der Waals surface area contributed by atoms with Gasteiger partial charge in [-0.2, -0.15) is 0 Å². The summed E-state index contributed by atoms with van der Waals surface area (Å²) >= 11 is 0. The van der Waals surface area contributed by atoms with Gasteiger partial charge in [-0.05, 0) is 50.3 Å². The first kappa shape index (κ1) is 18.7. The number of likely N-dealkylation sites (tertiary alicyclic amines) is 1. The fourth-order valence-electron chi connectivity index (χ4n) is 3.77. The van der Waals surface area contributed by atoms with Gasteiger partial charge in [0.1, 0.15) is 0 Å². The molecule has 1 aliphatic rings. The zero-order valence-electron chi connectivity index (χ0n) is 16.0. The number of carbonyl (C=O) groups excluding carboxylic acids is 1. The normalized spacial score (nSPS) is 16.7. The lowest BCUT2D eigenvalue weighted by Crippen LogP contribution is -2.44. The number of carbonyl (C=O) groups is 1. The Morgan fingerprint density at radius 1 is 1.04 bits per heavy atom. The maximum absolute atomic E-state index is 12.7. The molecule has 1 aliphatic heterocycles. The molecule has 0 aromatic heterocycles. The molecule has 1 atom stereocenters. The predicted molar refractivity (Wildman–Crippen MR) is 107 cm³/mol. The van der Waals surface area contributed by atoms with Crippen LogP contribution in [-0.2, 0) is 11.2 Å². The highest BCUT2D eigenvalue weighted by atomic mass is 16.2. The second-order valence-corrected chi connectivity index (χ2v) is 7.52. The lowest BCUT2D eigenvalue weighted by atomic mass is 9.90. The van der Waals surface area contributed by atoms with Crippen LogP contribution in [0.3, 0.4) is 0 Å². The summed E-state index contributed by atoms with van der Waals surface area (Å²) in [4.78, 5) is 16.9. The van der Waals surface area contributed by atoms with Crippen LogP contribution in [0.5, 0.6) is 0 Å². The lowest BCUT2D eigenvalue weighted by molar-refractivity contribution is -0.134. The minimum atomic E-state index is 0.246. The van der Waals surface area contributed by atoms with E-state index in [0.717, 1.165) is 32.4 Å². The molecule has 2 aromatic carbocycles. The second kappa shape index (κ2) is 9.00. The van der Waals surface area contributed by atoms with Gasteiger partial charge in [0, 0.05) is 19.1 Å². The Morgan fingerprint density at radius 2 is 1.62 bits per heavy atom. The van der Waals surface area contributed by atoms with Crippen LogP contribution in [0.1, 0.15) is 36.9 Å². The third-order valence-corrected chi connectivity index (χ3v) is 5.66. The molecule has 0 spiro atoms. The third-order valence-electron chi connectivity index (χ3n) is 5.66. The fraction of sp³-hybridized carbons (Fsp3) is 0.435. The molecule has 138 valence electrons. The van der Waals surface area contributed by atoms with E-state index in [2.05, 4.69) is 71.3 Å². The van der Waals surface area contributed by atoms with E-state index in [1.54, 1.807) is 0 Å². The van der Waals surface area contributed by atoms with Crippen molar-refractivity contribution in [2.45, 2.75) is 32.2 Å². The van der Waals surface area contributed by atoms with Gasteiger partial charge in [-0.1, -0.05) is 60.7 Å². The van der Waals surface area contributed by atoms with Gasteiger partial charge in [0.05, 0.1) is 6.54 Å². The van der Waals surface area contributed by atoms with Crippen LogP contribution in [0.4, 0.5) is 0 Å². The molecule has 1 unspecified atom stereocenters. The highest BCUT2D eigenvalue weighted by molar-refractivity contribution is 5.78. The first-order valence-corrected chi connectivity index (χ1v) is 9.70. The highest BCUT2D eigenvalue weighted by Crippen LogP contribution is 2.23. The van der Waals surface area contributed by atoms with E-state index in [-0.39, 0.29) is 11.9 Å². The molecule has 3 nitrogen and oxygen atoms in total. The van der Waals surface area contributed by atoms with Crippen LogP contribution in [-0.4, -0.2) is 42.4 Å². The molecule has 2 aromatic rings. The Hall–Kier alpha value is -2.13. The van der Waals surface area contributed by atoms with Gasteiger partial charge < -0.3 is 4.90 Å². The molecule has 1 fully saturated rings. The van der Waals surface area contributed by atoms with Gasteiger partial charge in [-0.15, -0.1) is 0 Å². The molecule has 1 heterocycles. The molecule has 3 rings (SSSR count). The van der Waals surface area contributed by atoms with E-state index in [9.17, 15) is 4.79 Å². The molecule has 3 heteroatoms. The summed E-state index contributed by atoms with van der Waals surface area (Å²) in [6.45, 7) is 4.43. The molecule has 0 aliphatic carbocycles. The molecule has 0 N–H and O–H groups in total. The third kappa shape index (κ3) is 4.95. The number of amides is 1. The van der Waals surface area contributed by atoms with Crippen LogP contribution in [0, 0.1) is 5.92 Å². The van der Waals surface area contributed by atoms with Gasteiger partial charge in [0.2, 0.25) is 5.91 Å². The number of likely N-dealkylation sites (N-methyl/N-ethyl adjacent to an activating group) is 1. The number of nitrogens with zero attached hydrogens (tertiary/aromatic N) is 2. The number of hydrogen-bond acceptors (Lipinski definition) is 2. The molecule has 1 amide bonds. The smallest absolute Gasteiger partial charge is 0.236 e. The van der Waals surface area contributed by atoms with Crippen molar-refractivity contribution >= 4 is 5.91 Å². The maximum atomic E-state index is 12.7. The Balaban J connectivity index is 1.46. The minimum absolute atomic E-state index is 0.246. The molecular formula is C23H30N2O. The van der Waals surface area contributed by atoms with E-state index in [0.29, 0.717) is 12.5 Å². The standard InChI is InChI=1S/C23H30N2O/c1-19(22-11-7-4-8-12-22)24(2)18-23(26)25-15-13-21(14-16-25)17-20-9-5-3-6-10-20/h3-12,19,21H,13-18H2,1-2H3. The van der Waals surface area contributed by atoms with Gasteiger partial charge in [-0.25, -0.2) is 0 Å². The van der Waals surface area contributed by atoms with Crippen molar-refractivity contribution in [3.8, 4) is 0 Å². The molecule has 26 heavy (non-hydrogen) atoms. The van der Waals surface area contributed by atoms with Crippen molar-refractivity contribution in [2.24, 2.45) is 5.92 Å². The molecule has 0 radical (unpaired) electrons. The summed E-state index contributed by atoms with van der Waals surface area (Å²) in [7, 11) is 2.04. The van der Waals surface area contributed by atoms with E-state index in [1.165, 1.54) is 11.1 Å². The Bertz CT molecular complexity index is 678. The zero-order chi connectivity index (χ0) is 18.4. The summed E-state index contributed by atoms with van der Waals surface area (Å²) in [5.74, 6) is 0.955. The minimum Gasteiger partial charge on any atom is -0.342 e. The number of piperidine rings is 1. The summed E-state index contributed by atoms with van der Waals surface area (Å²) in [6.07, 6.45) is 3.35. The van der Waals surface area contributed by atoms with E-state index in [1.807, 2.05) is 13.1 Å². The summed E-state index contributed by atoms with van der Waals surface area (Å²) in [5.41, 5.74) is 2.66. The average molecular weight is 351 g/mol. The SMILES string of the molecule is CC(c1ccccc1)N(C)CC(=O)N1CCC(Cc2ccccc2)CC1. The van der Waals surface area contributed by atoms with E-state index < -0.39 is 0 Å². The van der Waals surface area contributed by atoms with Crippen molar-refractivity contribution in [1.82, 2.24) is 9.80 Å². The summed E-state index contributed by atoms with van der Waals surface area (Å²) < 4.78 is 0. The quantitative estimate of drug-likeness (QED) is 0.781. The molecular weight excluding hydrogens is 320 g/mol. The number of benzene rings is 2. The Labute approximate surface area is 157 Å². The van der Waals surface area contributed by atoms with Crippen molar-refractivity contribution in [1.29, 1.82) is 0 Å². The van der Waals surface area contributed by atoms with E-state index >= 15 is 0 Å². The lowest BCUT2D eigenvalue weighted by Gasteiger charge is -2.34. The first-order valence-electron chi connectivity index (χ1n) is 9.70. The highest BCUT2D eigenvalue weighted by Gasteiger charge is 2.24. The van der Waals surface area contributed by atoms with Crippen LogP contribution in [0.25, 0.3) is 0 Å². The van der Waals surface area contributed by atoms with Gasteiger partial charge in [-0.3, -0.25) is 9.69 Å². The first-order chi connectivity index (χ1) is 12.6. The van der Waals surface area contributed by atoms with Crippen LogP contribution in [0.15, 0.2) is 60.7 Å². The van der Waals surface area contributed by atoms with Crippen LogP contribution in [0.2, 0.25) is 0 Å². The van der Waals surface area contributed by atoms with Crippen molar-refractivity contribution in [3.63, 3.8) is 0 Å². The second-order valence-electron chi connectivity index (χ2n) is 7.52. The maximum Gasteiger partial charge on any atom is 0.236 e. The average Bonchev–Trinajstić information content (AvgIpc) is 2.69. The van der Waals surface area contributed by atoms with E-state index in [4.69, 9.17) is 0 Å². The van der Waals surface area contributed by atoms with Crippen molar-refractivity contribution in [3.05, 3.63) is 71.8 Å². The Morgan fingerprint density at radius 3 is 2.23 bits per heavy atom. The van der Waals surface area contributed by atoms with Crippen LogP contribution < -0.4 is 0 Å². The molecule has 0 saturated carbocycles. The molecule has 1 saturated heterocycles. The van der Waals surface area contributed by atoms with Gasteiger partial charge in [0.15, 0.2) is 0 Å². The monoisotopic (exact) mass is 350 g/mol. The van der Waals surface area contributed by atoms with Gasteiger partial charge in [0.25, 0.3) is 0 Å².